The van der Waals surface area contributed by atoms with Gasteiger partial charge in [0.25, 0.3) is 0 Å². The van der Waals surface area contributed by atoms with Gasteiger partial charge in [0.15, 0.2) is 0 Å². The molecule has 2 aromatic carbocycles. The van der Waals surface area contributed by atoms with E-state index in [9.17, 15) is 0 Å². The first-order valence-corrected chi connectivity index (χ1v) is 10.9. The van der Waals surface area contributed by atoms with Crippen molar-refractivity contribution in [3.05, 3.63) is 53.1 Å². The third-order valence-corrected chi connectivity index (χ3v) is 6.51. The van der Waals surface area contributed by atoms with Crippen molar-refractivity contribution < 1.29 is 9.47 Å². The summed E-state index contributed by atoms with van der Waals surface area (Å²) in [7, 11) is 1.71. The van der Waals surface area contributed by atoms with Crippen LogP contribution in [0.4, 0.5) is 11.4 Å². The van der Waals surface area contributed by atoms with Crippen molar-refractivity contribution in [2.24, 2.45) is 0 Å². The number of rotatable bonds is 4. The Morgan fingerprint density at radius 3 is 2.17 bits per heavy atom. The summed E-state index contributed by atoms with van der Waals surface area (Å²) in [5.41, 5.74) is 8.82. The van der Waals surface area contributed by atoms with E-state index in [1.807, 2.05) is 12.1 Å². The van der Waals surface area contributed by atoms with E-state index >= 15 is 0 Å². The molecule has 4 heteroatoms. The molecule has 2 aliphatic heterocycles. The number of nitrogens with zero attached hydrogens (tertiary/aromatic N) is 2. The Kier molecular flexibility index (Phi) is 5.21. The molecule has 160 valence electrons. The van der Waals surface area contributed by atoms with E-state index in [-0.39, 0.29) is 5.60 Å². The predicted octanol–water partition coefficient (Wildman–Crippen LogP) is 5.39. The summed E-state index contributed by atoms with van der Waals surface area (Å²) in [5.74, 6) is 1.98. The molecule has 0 saturated carbocycles. The number of allylic oxidation sites excluding steroid dienone is 1. The van der Waals surface area contributed by atoms with Gasteiger partial charge in [-0.15, -0.1) is 0 Å². The lowest BCUT2D eigenvalue weighted by Gasteiger charge is -2.39. The molecule has 30 heavy (non-hydrogen) atoms. The molecule has 1 saturated heterocycles. The molecule has 4 nitrogen and oxygen atoms in total. The Morgan fingerprint density at radius 2 is 1.60 bits per heavy atom. The molecule has 4 rings (SSSR count). The van der Waals surface area contributed by atoms with Gasteiger partial charge in [-0.1, -0.05) is 6.58 Å². The minimum absolute atomic E-state index is 0.157. The molecule has 2 aromatic rings. The monoisotopic (exact) mass is 406 g/mol. The first-order valence-electron chi connectivity index (χ1n) is 10.9. The molecule has 0 aromatic heterocycles. The predicted molar refractivity (Wildman–Crippen MR) is 126 cm³/mol. The first kappa shape index (κ1) is 20.6. The lowest BCUT2D eigenvalue weighted by molar-refractivity contribution is 0.137. The van der Waals surface area contributed by atoms with E-state index in [0.29, 0.717) is 0 Å². The molecule has 0 aliphatic carbocycles. The number of fused-ring (bicyclic) bond motifs is 1. The van der Waals surface area contributed by atoms with E-state index in [1.54, 1.807) is 7.11 Å². The van der Waals surface area contributed by atoms with Crippen molar-refractivity contribution in [2.75, 3.05) is 43.1 Å². The first-order chi connectivity index (χ1) is 14.2. The molecule has 0 radical (unpaired) electrons. The smallest absolute Gasteiger partial charge is 0.127 e. The van der Waals surface area contributed by atoms with Crippen LogP contribution in [-0.4, -0.2) is 38.9 Å². The van der Waals surface area contributed by atoms with Gasteiger partial charge in [0.1, 0.15) is 17.1 Å². The highest BCUT2D eigenvalue weighted by atomic mass is 16.5. The van der Waals surface area contributed by atoms with Crippen LogP contribution in [0, 0.1) is 13.8 Å². The van der Waals surface area contributed by atoms with Crippen molar-refractivity contribution in [2.45, 2.75) is 46.6 Å². The zero-order valence-corrected chi connectivity index (χ0v) is 19.3. The molecule has 0 spiro atoms. The van der Waals surface area contributed by atoms with Crippen molar-refractivity contribution in [3.63, 3.8) is 0 Å². The van der Waals surface area contributed by atoms with Crippen LogP contribution in [0.2, 0.25) is 0 Å². The van der Waals surface area contributed by atoms with Crippen LogP contribution in [0.25, 0.3) is 5.57 Å². The highest BCUT2D eigenvalue weighted by molar-refractivity contribution is 5.84. The Bertz CT molecular complexity index is 968. The molecule has 0 unspecified atom stereocenters. The highest BCUT2D eigenvalue weighted by Crippen LogP contribution is 2.48. The Labute approximate surface area is 181 Å². The lowest BCUT2D eigenvalue weighted by atomic mass is 9.88. The average Bonchev–Trinajstić information content (AvgIpc) is 3.05. The van der Waals surface area contributed by atoms with Crippen molar-refractivity contribution >= 4 is 16.9 Å². The molecule has 2 heterocycles. The maximum absolute atomic E-state index is 6.35. The van der Waals surface area contributed by atoms with Gasteiger partial charge in [0.05, 0.1) is 7.11 Å². The zero-order chi connectivity index (χ0) is 21.6. The van der Waals surface area contributed by atoms with Crippen LogP contribution in [0.15, 0.2) is 30.8 Å². The summed E-state index contributed by atoms with van der Waals surface area (Å²) in [6.07, 6.45) is 0.935. The minimum Gasteiger partial charge on any atom is -0.497 e. The molecule has 0 N–H and O–H groups in total. The fraction of sp³-hybridized carbons (Fsp3) is 0.462. The third kappa shape index (κ3) is 3.53. The number of hydrogen-bond acceptors (Lipinski definition) is 4. The quantitative estimate of drug-likeness (QED) is 0.680. The van der Waals surface area contributed by atoms with Gasteiger partial charge in [0, 0.05) is 55.1 Å². The number of hydrogen-bond donors (Lipinski definition) is 0. The van der Waals surface area contributed by atoms with Crippen LogP contribution in [0.1, 0.15) is 43.0 Å². The van der Waals surface area contributed by atoms with Gasteiger partial charge in [-0.2, -0.15) is 0 Å². The summed E-state index contributed by atoms with van der Waals surface area (Å²) in [5, 5.41) is 0. The topological polar surface area (TPSA) is 24.9 Å². The minimum atomic E-state index is -0.157. The summed E-state index contributed by atoms with van der Waals surface area (Å²) >= 11 is 0. The van der Waals surface area contributed by atoms with Crippen LogP contribution in [0.5, 0.6) is 11.5 Å². The molecule has 0 bridgehead atoms. The maximum atomic E-state index is 6.35. The number of benzene rings is 2. The number of methoxy groups -OCH3 is 1. The fourth-order valence-corrected chi connectivity index (χ4v) is 4.90. The van der Waals surface area contributed by atoms with E-state index in [1.165, 1.54) is 33.6 Å². The van der Waals surface area contributed by atoms with E-state index in [2.05, 4.69) is 63.1 Å². The maximum Gasteiger partial charge on any atom is 0.127 e. The van der Waals surface area contributed by atoms with Crippen LogP contribution < -0.4 is 19.3 Å². The second kappa shape index (κ2) is 7.57. The van der Waals surface area contributed by atoms with Crippen LogP contribution >= 0.6 is 0 Å². The SMILES string of the molecule is C=C(C)c1c2c(c(C)c(C)c1N1CCN(c3ccc(OC)cc3)CC1)OC(C)(C)C2. The van der Waals surface area contributed by atoms with E-state index in [0.717, 1.165) is 49.7 Å². The van der Waals surface area contributed by atoms with Gasteiger partial charge >= 0.3 is 0 Å². The number of ether oxygens (including phenoxy) is 2. The molecule has 0 atom stereocenters. The third-order valence-electron chi connectivity index (χ3n) is 6.51. The average molecular weight is 407 g/mol. The molecule has 2 aliphatic rings. The van der Waals surface area contributed by atoms with Gasteiger partial charge in [-0.05, 0) is 75.6 Å². The summed E-state index contributed by atoms with van der Waals surface area (Å²) < 4.78 is 11.7. The largest absolute Gasteiger partial charge is 0.497 e. The second-order valence-electron chi connectivity index (χ2n) is 9.27. The van der Waals surface area contributed by atoms with Crippen LogP contribution in [-0.2, 0) is 6.42 Å². The number of anilines is 2. The summed E-state index contributed by atoms with van der Waals surface area (Å²) in [6, 6.07) is 8.38. The van der Waals surface area contributed by atoms with Crippen molar-refractivity contribution in [3.8, 4) is 11.5 Å². The van der Waals surface area contributed by atoms with E-state index in [4.69, 9.17) is 9.47 Å². The van der Waals surface area contributed by atoms with Gasteiger partial charge in [-0.3, -0.25) is 0 Å². The Balaban J connectivity index is 1.64. The van der Waals surface area contributed by atoms with Crippen LogP contribution in [0.3, 0.4) is 0 Å². The lowest BCUT2D eigenvalue weighted by Crippen LogP contribution is -2.47. The summed E-state index contributed by atoms with van der Waals surface area (Å²) in [4.78, 5) is 5.01. The molecule has 0 amide bonds. The van der Waals surface area contributed by atoms with Gasteiger partial charge < -0.3 is 19.3 Å². The molecule has 1 fully saturated rings. The Hall–Kier alpha value is -2.62. The zero-order valence-electron chi connectivity index (χ0n) is 19.3. The standard InChI is InChI=1S/C26H34N2O2/c1-17(2)23-22-16-26(5,6)30-25(22)19(4)18(3)24(23)28-14-12-27(13-15-28)20-8-10-21(29-7)11-9-20/h8-11H,1,12-16H2,2-7H3. The molecular formula is C26H34N2O2. The van der Waals surface area contributed by atoms with Gasteiger partial charge in [0.2, 0.25) is 0 Å². The highest BCUT2D eigenvalue weighted by Gasteiger charge is 2.36. The Morgan fingerprint density at radius 1 is 1.00 bits per heavy atom. The second-order valence-corrected chi connectivity index (χ2v) is 9.27. The van der Waals surface area contributed by atoms with E-state index < -0.39 is 0 Å². The normalized spacial score (nSPS) is 17.5. The van der Waals surface area contributed by atoms with Gasteiger partial charge in [-0.25, -0.2) is 0 Å². The summed E-state index contributed by atoms with van der Waals surface area (Å²) in [6.45, 7) is 19.3. The van der Waals surface area contributed by atoms with Crippen molar-refractivity contribution in [1.29, 1.82) is 0 Å². The number of piperazine rings is 1. The van der Waals surface area contributed by atoms with Crippen molar-refractivity contribution in [1.82, 2.24) is 0 Å². The molecular weight excluding hydrogens is 372 g/mol. The fourth-order valence-electron chi connectivity index (χ4n) is 4.90.